The molecule has 1 aliphatic carbocycles. The van der Waals surface area contributed by atoms with Gasteiger partial charge in [-0.2, -0.15) is 0 Å². The third kappa shape index (κ3) is 6.87. The summed E-state index contributed by atoms with van der Waals surface area (Å²) < 4.78 is 33.0. The van der Waals surface area contributed by atoms with Crippen LogP contribution >= 0.6 is 0 Å². The molecule has 2 saturated heterocycles. The molecule has 0 spiro atoms. The van der Waals surface area contributed by atoms with Crippen molar-refractivity contribution < 1.29 is 28.4 Å². The zero-order valence-electron chi connectivity index (χ0n) is 23.4. The average molecular weight is 545 g/mol. The molecule has 2 aliphatic heterocycles. The topological polar surface area (TPSA) is 62.0 Å². The largest absolute Gasteiger partial charge is 0.491 e. The molecule has 0 aromatic heterocycles. The molecule has 3 fully saturated rings. The van der Waals surface area contributed by atoms with Gasteiger partial charge in [-0.3, -0.25) is 0 Å². The van der Waals surface area contributed by atoms with Gasteiger partial charge in [-0.25, -0.2) is 0 Å². The summed E-state index contributed by atoms with van der Waals surface area (Å²) in [6.07, 6.45) is 6.57. The second-order valence-corrected chi connectivity index (χ2v) is 11.1. The van der Waals surface area contributed by atoms with Crippen LogP contribution in [0.5, 0.6) is 11.5 Å². The van der Waals surface area contributed by atoms with Crippen LogP contribution < -0.4 is 9.47 Å². The van der Waals surface area contributed by atoms with Crippen LogP contribution in [-0.2, 0) is 24.4 Å². The van der Waals surface area contributed by atoms with Crippen LogP contribution in [0.3, 0.4) is 0 Å². The molecule has 0 radical (unpaired) electrons. The number of hydrogen-bond donors (Lipinski definition) is 0. The van der Waals surface area contributed by atoms with E-state index in [0.717, 1.165) is 11.5 Å². The van der Waals surface area contributed by atoms with E-state index < -0.39 is 0 Å². The zero-order valence-corrected chi connectivity index (χ0v) is 23.4. The van der Waals surface area contributed by atoms with Gasteiger partial charge in [-0.15, -0.1) is 0 Å². The molecule has 3 aromatic carbocycles. The van der Waals surface area contributed by atoms with E-state index in [4.69, 9.17) is 28.4 Å². The number of hydrogen-bond acceptors (Lipinski definition) is 6. The van der Waals surface area contributed by atoms with Gasteiger partial charge in [0, 0.05) is 5.41 Å². The third-order valence-electron chi connectivity index (χ3n) is 8.35. The molecule has 6 nitrogen and oxygen atoms in total. The van der Waals surface area contributed by atoms with Gasteiger partial charge in [-0.1, -0.05) is 67.8 Å². The first-order valence-corrected chi connectivity index (χ1v) is 14.7. The monoisotopic (exact) mass is 544 g/mol. The third-order valence-corrected chi connectivity index (χ3v) is 8.35. The molecule has 212 valence electrons. The van der Waals surface area contributed by atoms with E-state index >= 15 is 0 Å². The molecule has 3 aromatic rings. The molecule has 0 amide bonds. The molecule has 6 heteroatoms. The summed E-state index contributed by atoms with van der Waals surface area (Å²) in [6.45, 7) is 5.72. The highest BCUT2D eigenvalue weighted by Gasteiger charge is 2.32. The first kappa shape index (κ1) is 27.3. The Morgan fingerprint density at radius 3 is 1.45 bits per heavy atom. The molecular formula is C34H40O6. The highest BCUT2D eigenvalue weighted by atomic mass is 16.8. The van der Waals surface area contributed by atoms with Crippen molar-refractivity contribution in [1.82, 2.24) is 0 Å². The Morgan fingerprint density at radius 2 is 1.02 bits per heavy atom. The molecule has 3 aliphatic rings. The van der Waals surface area contributed by atoms with E-state index in [1.807, 2.05) is 0 Å². The Labute approximate surface area is 237 Å². The normalized spacial score (nSPS) is 21.9. The lowest BCUT2D eigenvalue weighted by Gasteiger charge is -2.33. The molecule has 2 unspecified atom stereocenters. The molecule has 1 saturated carbocycles. The van der Waals surface area contributed by atoms with Crippen molar-refractivity contribution >= 4 is 0 Å². The summed E-state index contributed by atoms with van der Waals surface area (Å²) in [5.41, 5.74) is 4.81. The summed E-state index contributed by atoms with van der Waals surface area (Å²) in [4.78, 5) is 0. The molecule has 6 rings (SSSR count). The van der Waals surface area contributed by atoms with Crippen molar-refractivity contribution in [3.8, 4) is 11.5 Å². The second kappa shape index (κ2) is 12.7. The lowest BCUT2D eigenvalue weighted by Crippen LogP contribution is -2.25. The predicted molar refractivity (Wildman–Crippen MR) is 153 cm³/mol. The van der Waals surface area contributed by atoms with Crippen molar-refractivity contribution in [1.29, 1.82) is 0 Å². The van der Waals surface area contributed by atoms with Crippen LogP contribution in [0.1, 0.15) is 67.2 Å². The quantitative estimate of drug-likeness (QED) is 0.130. The van der Waals surface area contributed by atoms with E-state index in [1.54, 1.807) is 0 Å². The predicted octanol–water partition coefficient (Wildman–Crippen LogP) is 6.59. The Bertz CT molecular complexity index is 1130. The Kier molecular flexibility index (Phi) is 8.68. The van der Waals surface area contributed by atoms with Gasteiger partial charge in [0.05, 0.1) is 13.2 Å². The summed E-state index contributed by atoms with van der Waals surface area (Å²) >= 11 is 0. The van der Waals surface area contributed by atoms with E-state index in [9.17, 15) is 0 Å². The Balaban J connectivity index is 1.20. The SMILES string of the molecule is CC(c1ccc(OCCOC2CO2)cc1)(c1ccc(OCCOC2CO2)cc1)c1ccc(C2CCCCC2)cc1. The Hall–Kier alpha value is -2.90. The van der Waals surface area contributed by atoms with E-state index in [-0.39, 0.29) is 18.0 Å². The van der Waals surface area contributed by atoms with Crippen LogP contribution in [0.15, 0.2) is 72.8 Å². The van der Waals surface area contributed by atoms with Crippen molar-refractivity contribution in [3.63, 3.8) is 0 Å². The maximum Gasteiger partial charge on any atom is 0.181 e. The minimum Gasteiger partial charge on any atom is -0.491 e. The van der Waals surface area contributed by atoms with Crippen molar-refractivity contribution in [3.05, 3.63) is 95.1 Å². The zero-order chi connectivity index (χ0) is 27.2. The van der Waals surface area contributed by atoms with Gasteiger partial charge in [0.1, 0.15) is 37.9 Å². The van der Waals surface area contributed by atoms with Gasteiger partial charge < -0.3 is 28.4 Å². The summed E-state index contributed by atoms with van der Waals surface area (Å²) in [6, 6.07) is 26.3. The molecule has 0 N–H and O–H groups in total. The fourth-order valence-corrected chi connectivity index (χ4v) is 5.74. The van der Waals surface area contributed by atoms with E-state index in [0.29, 0.717) is 45.6 Å². The maximum atomic E-state index is 5.91. The number of benzene rings is 3. The number of epoxide rings is 2. The lowest BCUT2D eigenvalue weighted by molar-refractivity contribution is 0.0323. The summed E-state index contributed by atoms with van der Waals surface area (Å²) in [5.74, 6) is 2.36. The smallest absolute Gasteiger partial charge is 0.181 e. The molecule has 2 heterocycles. The fraction of sp³-hybridized carbons (Fsp3) is 0.471. The molecular weight excluding hydrogens is 504 g/mol. The average Bonchev–Trinajstić information content (AvgIpc) is 3.95. The first-order chi connectivity index (χ1) is 19.7. The highest BCUT2D eigenvalue weighted by molar-refractivity contribution is 5.52. The van der Waals surface area contributed by atoms with Gasteiger partial charge >= 0.3 is 0 Å². The minimum atomic E-state index is -0.346. The minimum absolute atomic E-state index is 0.0429. The highest BCUT2D eigenvalue weighted by Crippen LogP contribution is 2.41. The molecule has 0 bridgehead atoms. The van der Waals surface area contributed by atoms with Gasteiger partial charge in [0.15, 0.2) is 12.6 Å². The van der Waals surface area contributed by atoms with Gasteiger partial charge in [0.25, 0.3) is 0 Å². The van der Waals surface area contributed by atoms with Gasteiger partial charge in [0.2, 0.25) is 0 Å². The number of ether oxygens (including phenoxy) is 6. The van der Waals surface area contributed by atoms with Crippen LogP contribution in [0.2, 0.25) is 0 Å². The van der Waals surface area contributed by atoms with Crippen molar-refractivity contribution in [2.24, 2.45) is 0 Å². The van der Waals surface area contributed by atoms with Crippen LogP contribution in [0, 0.1) is 0 Å². The Morgan fingerprint density at radius 1 is 0.600 bits per heavy atom. The second-order valence-electron chi connectivity index (χ2n) is 11.1. The fourth-order valence-electron chi connectivity index (χ4n) is 5.74. The van der Waals surface area contributed by atoms with Crippen LogP contribution in [-0.4, -0.2) is 52.2 Å². The van der Waals surface area contributed by atoms with E-state index in [1.165, 1.54) is 54.4 Å². The summed E-state index contributed by atoms with van der Waals surface area (Å²) in [7, 11) is 0. The molecule has 2 atom stereocenters. The van der Waals surface area contributed by atoms with Crippen molar-refractivity contribution in [2.75, 3.05) is 39.6 Å². The number of rotatable bonds is 14. The standard InChI is InChI=1S/C34H40O6/c1-34(27-9-7-26(8-10-27)25-5-3-2-4-6-25,28-11-15-30(16-12-28)35-19-21-37-32-23-39-32)29-13-17-31(18-14-29)36-20-22-38-33-24-40-33/h7-18,25,32-33H,2-6,19-24H2,1H3. The maximum absolute atomic E-state index is 5.91. The lowest BCUT2D eigenvalue weighted by atomic mass is 9.70. The van der Waals surface area contributed by atoms with E-state index in [2.05, 4.69) is 79.7 Å². The van der Waals surface area contributed by atoms with Crippen molar-refractivity contribution in [2.45, 2.75) is 62.9 Å². The van der Waals surface area contributed by atoms with Crippen LogP contribution in [0.25, 0.3) is 0 Å². The molecule has 40 heavy (non-hydrogen) atoms. The first-order valence-electron chi connectivity index (χ1n) is 14.7. The van der Waals surface area contributed by atoms with Gasteiger partial charge in [-0.05, 0) is 72.2 Å². The summed E-state index contributed by atoms with van der Waals surface area (Å²) in [5, 5.41) is 0. The van der Waals surface area contributed by atoms with Crippen LogP contribution in [0.4, 0.5) is 0 Å².